The standard InChI is InChI=1S/C30H26BrNO5/c1-3-14-36-23-7-5-6-22(17-23)32-27(19-10-8-18(4-2)9-11-19)26(29(34)30(32)35)28(33)25-16-20-15-21(31)12-13-24(20)37-25/h5-13,15-17,27,34H,3-4,14H2,1-2H3. The number of benzene rings is 3. The summed E-state index contributed by atoms with van der Waals surface area (Å²) in [5, 5.41) is 11.8. The molecule has 37 heavy (non-hydrogen) atoms. The summed E-state index contributed by atoms with van der Waals surface area (Å²) in [4.78, 5) is 28.8. The number of carbonyl (C=O) groups excluding carboxylic acids is 2. The molecule has 1 aliphatic heterocycles. The van der Waals surface area contributed by atoms with Crippen LogP contribution in [-0.2, 0) is 11.2 Å². The fourth-order valence-corrected chi connectivity index (χ4v) is 4.94. The van der Waals surface area contributed by atoms with Crippen LogP contribution < -0.4 is 9.64 Å². The fourth-order valence-electron chi connectivity index (χ4n) is 4.56. The predicted molar refractivity (Wildman–Crippen MR) is 146 cm³/mol. The van der Waals surface area contributed by atoms with Gasteiger partial charge in [0.25, 0.3) is 5.91 Å². The summed E-state index contributed by atoms with van der Waals surface area (Å²) in [6.45, 7) is 4.61. The summed E-state index contributed by atoms with van der Waals surface area (Å²) in [5.41, 5.74) is 2.87. The molecule has 0 aliphatic carbocycles. The molecule has 7 heteroatoms. The van der Waals surface area contributed by atoms with Crippen molar-refractivity contribution in [3.8, 4) is 5.75 Å². The Bertz CT molecular complexity index is 1520. The molecule has 1 atom stereocenters. The summed E-state index contributed by atoms with van der Waals surface area (Å²) in [5.74, 6) is -1.12. The quantitative estimate of drug-likeness (QED) is 0.228. The number of ketones is 1. The van der Waals surface area contributed by atoms with Crippen LogP contribution in [0, 0.1) is 0 Å². The summed E-state index contributed by atoms with van der Waals surface area (Å²) in [7, 11) is 0. The van der Waals surface area contributed by atoms with Crippen LogP contribution in [0.4, 0.5) is 5.69 Å². The molecule has 5 rings (SSSR count). The van der Waals surface area contributed by atoms with Crippen molar-refractivity contribution in [2.45, 2.75) is 32.7 Å². The van der Waals surface area contributed by atoms with Gasteiger partial charge in [0.15, 0.2) is 11.5 Å². The van der Waals surface area contributed by atoms with Gasteiger partial charge in [0, 0.05) is 21.6 Å². The van der Waals surface area contributed by atoms with Gasteiger partial charge in [-0.25, -0.2) is 0 Å². The first-order valence-electron chi connectivity index (χ1n) is 12.2. The first kappa shape index (κ1) is 24.8. The Morgan fingerprint density at radius 2 is 1.84 bits per heavy atom. The van der Waals surface area contributed by atoms with E-state index in [0.29, 0.717) is 29.2 Å². The minimum atomic E-state index is -0.840. The molecule has 0 fully saturated rings. The number of Topliss-reactive ketones (excluding diaryl/α,β-unsaturated/α-hetero) is 1. The zero-order chi connectivity index (χ0) is 26.1. The summed E-state index contributed by atoms with van der Waals surface area (Å²) in [6.07, 6.45) is 1.69. The molecule has 0 radical (unpaired) electrons. The number of nitrogens with zero attached hydrogens (tertiary/aromatic N) is 1. The van der Waals surface area contributed by atoms with Crippen molar-refractivity contribution in [2.75, 3.05) is 11.5 Å². The number of aliphatic hydroxyl groups is 1. The van der Waals surface area contributed by atoms with Crippen molar-refractivity contribution in [1.82, 2.24) is 0 Å². The fraction of sp³-hybridized carbons (Fsp3) is 0.200. The van der Waals surface area contributed by atoms with Gasteiger partial charge in [0.05, 0.1) is 18.2 Å². The van der Waals surface area contributed by atoms with Gasteiger partial charge in [0.1, 0.15) is 11.3 Å². The average Bonchev–Trinajstić information content (AvgIpc) is 3.45. The van der Waals surface area contributed by atoms with Gasteiger partial charge in [0.2, 0.25) is 5.78 Å². The molecule has 1 amide bonds. The topological polar surface area (TPSA) is 80.0 Å². The Balaban J connectivity index is 1.62. The largest absolute Gasteiger partial charge is 0.503 e. The normalized spacial score (nSPS) is 15.6. The SMILES string of the molecule is CCCOc1cccc(N2C(=O)C(O)=C(C(=O)c3cc4cc(Br)ccc4o3)C2c2ccc(CC)cc2)c1. The lowest BCUT2D eigenvalue weighted by Gasteiger charge is -2.27. The Hall–Kier alpha value is -3.84. The van der Waals surface area contributed by atoms with Crippen molar-refractivity contribution in [1.29, 1.82) is 0 Å². The molecule has 6 nitrogen and oxygen atoms in total. The van der Waals surface area contributed by atoms with E-state index in [9.17, 15) is 14.7 Å². The molecule has 1 unspecified atom stereocenters. The van der Waals surface area contributed by atoms with Gasteiger partial charge >= 0.3 is 0 Å². The summed E-state index contributed by atoms with van der Waals surface area (Å²) in [6, 6.07) is 21.1. The Morgan fingerprint density at radius 1 is 1.05 bits per heavy atom. The Labute approximate surface area is 223 Å². The van der Waals surface area contributed by atoms with E-state index in [-0.39, 0.29) is 11.3 Å². The highest BCUT2D eigenvalue weighted by molar-refractivity contribution is 9.10. The zero-order valence-electron chi connectivity index (χ0n) is 20.5. The highest BCUT2D eigenvalue weighted by atomic mass is 79.9. The molecular formula is C30H26BrNO5. The molecule has 1 aliphatic rings. The lowest BCUT2D eigenvalue weighted by Crippen LogP contribution is -2.31. The number of hydrogen-bond donors (Lipinski definition) is 1. The second kappa shape index (κ2) is 10.3. The van der Waals surface area contributed by atoms with Gasteiger partial charge in [-0.05, 0) is 60.4 Å². The van der Waals surface area contributed by atoms with E-state index in [1.54, 1.807) is 30.3 Å². The van der Waals surface area contributed by atoms with Crippen molar-refractivity contribution in [3.63, 3.8) is 0 Å². The first-order valence-corrected chi connectivity index (χ1v) is 13.0. The number of aryl methyl sites for hydroxylation is 1. The predicted octanol–water partition coefficient (Wildman–Crippen LogP) is 7.33. The molecule has 188 valence electrons. The molecule has 4 aromatic rings. The minimum absolute atomic E-state index is 0.0211. The van der Waals surface area contributed by atoms with Gasteiger partial charge in [-0.3, -0.25) is 14.5 Å². The van der Waals surface area contributed by atoms with Crippen LogP contribution in [0.1, 0.15) is 48.0 Å². The van der Waals surface area contributed by atoms with Gasteiger partial charge in [-0.2, -0.15) is 0 Å². The Kier molecular flexibility index (Phi) is 6.89. The molecule has 0 spiro atoms. The van der Waals surface area contributed by atoms with Gasteiger partial charge < -0.3 is 14.3 Å². The van der Waals surface area contributed by atoms with Crippen molar-refractivity contribution in [3.05, 3.63) is 105 Å². The van der Waals surface area contributed by atoms with Crippen molar-refractivity contribution in [2.24, 2.45) is 0 Å². The first-order chi connectivity index (χ1) is 17.9. The molecule has 2 heterocycles. The maximum Gasteiger partial charge on any atom is 0.294 e. The van der Waals surface area contributed by atoms with Crippen LogP contribution in [-0.4, -0.2) is 23.4 Å². The number of ether oxygens (including phenoxy) is 1. The molecule has 0 saturated heterocycles. The van der Waals surface area contributed by atoms with Gasteiger partial charge in [-0.15, -0.1) is 0 Å². The highest BCUT2D eigenvalue weighted by Gasteiger charge is 2.45. The van der Waals surface area contributed by atoms with Crippen molar-refractivity contribution < 1.29 is 23.8 Å². The monoisotopic (exact) mass is 559 g/mol. The molecule has 0 bridgehead atoms. The summed E-state index contributed by atoms with van der Waals surface area (Å²) < 4.78 is 12.5. The van der Waals surface area contributed by atoms with E-state index < -0.39 is 23.5 Å². The van der Waals surface area contributed by atoms with Crippen LogP contribution in [0.5, 0.6) is 5.75 Å². The lowest BCUT2D eigenvalue weighted by atomic mass is 9.94. The number of hydrogen-bond acceptors (Lipinski definition) is 5. The number of carbonyl (C=O) groups is 2. The van der Waals surface area contributed by atoms with Crippen LogP contribution in [0.15, 0.2) is 93.0 Å². The Morgan fingerprint density at radius 3 is 2.57 bits per heavy atom. The van der Waals surface area contributed by atoms with E-state index in [0.717, 1.165) is 28.3 Å². The van der Waals surface area contributed by atoms with E-state index in [1.165, 1.54) is 4.90 Å². The number of amides is 1. The second-order valence-electron chi connectivity index (χ2n) is 8.90. The number of furan rings is 1. The van der Waals surface area contributed by atoms with Crippen LogP contribution in [0.2, 0.25) is 0 Å². The minimum Gasteiger partial charge on any atom is -0.503 e. The third-order valence-corrected chi connectivity index (χ3v) is 6.92. The lowest BCUT2D eigenvalue weighted by molar-refractivity contribution is -0.117. The van der Waals surface area contributed by atoms with Crippen molar-refractivity contribution >= 4 is 44.3 Å². The molecule has 3 aromatic carbocycles. The van der Waals surface area contributed by atoms with Crippen LogP contribution in [0.3, 0.4) is 0 Å². The zero-order valence-corrected chi connectivity index (χ0v) is 22.1. The molecule has 1 aromatic heterocycles. The second-order valence-corrected chi connectivity index (χ2v) is 9.82. The number of rotatable bonds is 8. The third-order valence-electron chi connectivity index (χ3n) is 6.43. The maximum atomic E-state index is 13.8. The maximum absolute atomic E-state index is 13.8. The van der Waals surface area contributed by atoms with Crippen LogP contribution >= 0.6 is 15.9 Å². The van der Waals surface area contributed by atoms with E-state index >= 15 is 0 Å². The van der Waals surface area contributed by atoms with E-state index in [2.05, 4.69) is 22.9 Å². The third kappa shape index (κ3) is 4.67. The number of fused-ring (bicyclic) bond motifs is 1. The van der Waals surface area contributed by atoms with E-state index in [1.807, 2.05) is 49.4 Å². The summed E-state index contributed by atoms with van der Waals surface area (Å²) >= 11 is 3.43. The average molecular weight is 560 g/mol. The highest BCUT2D eigenvalue weighted by Crippen LogP contribution is 2.43. The number of aliphatic hydroxyl groups excluding tert-OH is 1. The molecular weight excluding hydrogens is 534 g/mol. The smallest absolute Gasteiger partial charge is 0.294 e. The van der Waals surface area contributed by atoms with Gasteiger partial charge in [-0.1, -0.05) is 60.1 Å². The van der Waals surface area contributed by atoms with Crippen LogP contribution in [0.25, 0.3) is 11.0 Å². The number of anilines is 1. The molecule has 0 saturated carbocycles. The van der Waals surface area contributed by atoms with E-state index in [4.69, 9.17) is 9.15 Å². The molecule has 1 N–H and O–H groups in total. The number of halogens is 1.